The van der Waals surface area contributed by atoms with E-state index in [1.54, 1.807) is 6.07 Å². The van der Waals surface area contributed by atoms with Crippen LogP contribution in [0.25, 0.3) is 11.5 Å². The zero-order valence-corrected chi connectivity index (χ0v) is 14.0. The van der Waals surface area contributed by atoms with E-state index in [4.69, 9.17) is 13.9 Å². The van der Waals surface area contributed by atoms with E-state index in [2.05, 4.69) is 17.1 Å². The molecule has 6 nitrogen and oxygen atoms in total. The lowest BCUT2D eigenvalue weighted by Crippen LogP contribution is -2.25. The van der Waals surface area contributed by atoms with Gasteiger partial charge in [0, 0.05) is 0 Å². The van der Waals surface area contributed by atoms with Gasteiger partial charge in [0.25, 0.3) is 5.89 Å². The van der Waals surface area contributed by atoms with Crippen LogP contribution in [0.2, 0.25) is 0 Å². The number of hydrogen-bond donors (Lipinski definition) is 1. The van der Waals surface area contributed by atoms with Crippen LogP contribution in [0, 0.1) is 0 Å². The predicted octanol–water partition coefficient (Wildman–Crippen LogP) is 3.12. The standard InChI is InChI=1S/C19H20N2O4/c1-2-14-7-9-16(10-8-14)23-11-15(22)12-24-18-6-4-3-5-17(18)19-21-20-13-25-19/h3-10,13,15,22H,2,11-12H2,1H3. The lowest BCUT2D eigenvalue weighted by Gasteiger charge is -2.15. The Morgan fingerprint density at radius 2 is 1.80 bits per heavy atom. The van der Waals surface area contributed by atoms with Crippen molar-refractivity contribution in [2.75, 3.05) is 13.2 Å². The zero-order valence-electron chi connectivity index (χ0n) is 14.0. The van der Waals surface area contributed by atoms with Crippen molar-refractivity contribution in [3.63, 3.8) is 0 Å². The first-order valence-electron chi connectivity index (χ1n) is 8.14. The van der Waals surface area contributed by atoms with Crippen molar-refractivity contribution in [1.29, 1.82) is 0 Å². The minimum absolute atomic E-state index is 0.0954. The summed E-state index contributed by atoms with van der Waals surface area (Å²) in [6.45, 7) is 2.34. The molecule has 0 saturated heterocycles. The molecule has 0 amide bonds. The van der Waals surface area contributed by atoms with E-state index < -0.39 is 6.10 Å². The average Bonchev–Trinajstić information content (AvgIpc) is 3.20. The third kappa shape index (κ3) is 4.58. The highest BCUT2D eigenvalue weighted by molar-refractivity contribution is 5.62. The number of aromatic nitrogens is 2. The van der Waals surface area contributed by atoms with Crippen molar-refractivity contribution in [3.05, 3.63) is 60.5 Å². The lowest BCUT2D eigenvalue weighted by molar-refractivity contribution is 0.0628. The molecule has 1 N–H and O–H groups in total. The summed E-state index contributed by atoms with van der Waals surface area (Å²) in [4.78, 5) is 0. The van der Waals surface area contributed by atoms with Crippen LogP contribution < -0.4 is 9.47 Å². The number of aliphatic hydroxyl groups is 1. The second kappa shape index (κ2) is 8.30. The minimum Gasteiger partial charge on any atom is -0.491 e. The molecule has 3 rings (SSSR count). The maximum absolute atomic E-state index is 10.1. The summed E-state index contributed by atoms with van der Waals surface area (Å²) in [5.41, 5.74) is 1.93. The Morgan fingerprint density at radius 3 is 2.52 bits per heavy atom. The summed E-state index contributed by atoms with van der Waals surface area (Å²) >= 11 is 0. The summed E-state index contributed by atoms with van der Waals surface area (Å²) < 4.78 is 16.5. The fourth-order valence-corrected chi connectivity index (χ4v) is 2.31. The number of benzene rings is 2. The van der Waals surface area contributed by atoms with E-state index in [1.165, 1.54) is 12.0 Å². The van der Waals surface area contributed by atoms with Crippen molar-refractivity contribution < 1.29 is 19.0 Å². The quantitative estimate of drug-likeness (QED) is 0.679. The van der Waals surface area contributed by atoms with E-state index in [1.807, 2.05) is 42.5 Å². The van der Waals surface area contributed by atoms with Crippen LogP contribution >= 0.6 is 0 Å². The summed E-state index contributed by atoms with van der Waals surface area (Å²) in [5, 5.41) is 17.6. The molecule has 1 heterocycles. The van der Waals surface area contributed by atoms with Gasteiger partial charge in [0.2, 0.25) is 6.39 Å². The van der Waals surface area contributed by atoms with Crippen LogP contribution in [0.5, 0.6) is 11.5 Å². The maximum Gasteiger partial charge on any atom is 0.251 e. The average molecular weight is 340 g/mol. The Balaban J connectivity index is 1.53. The molecule has 1 aromatic heterocycles. The largest absolute Gasteiger partial charge is 0.491 e. The highest BCUT2D eigenvalue weighted by atomic mass is 16.5. The van der Waals surface area contributed by atoms with E-state index in [-0.39, 0.29) is 13.2 Å². The van der Waals surface area contributed by atoms with Gasteiger partial charge in [-0.25, -0.2) is 0 Å². The number of nitrogens with zero attached hydrogens (tertiary/aromatic N) is 2. The lowest BCUT2D eigenvalue weighted by atomic mass is 10.2. The Kier molecular flexibility index (Phi) is 5.64. The number of aliphatic hydroxyl groups excluding tert-OH is 1. The van der Waals surface area contributed by atoms with Gasteiger partial charge in [-0.1, -0.05) is 31.2 Å². The molecule has 130 valence electrons. The SMILES string of the molecule is CCc1ccc(OCC(O)COc2ccccc2-c2nnco2)cc1. The monoisotopic (exact) mass is 340 g/mol. The van der Waals surface area contributed by atoms with Gasteiger partial charge in [-0.05, 0) is 36.2 Å². The summed E-state index contributed by atoms with van der Waals surface area (Å²) in [7, 11) is 0. The third-order valence-electron chi connectivity index (χ3n) is 3.68. The number of hydrogen-bond acceptors (Lipinski definition) is 6. The Hall–Kier alpha value is -2.86. The normalized spacial score (nSPS) is 11.9. The van der Waals surface area contributed by atoms with Gasteiger partial charge in [0.1, 0.15) is 30.8 Å². The second-order valence-electron chi connectivity index (χ2n) is 5.51. The van der Waals surface area contributed by atoms with Crippen LogP contribution in [0.15, 0.2) is 59.3 Å². The van der Waals surface area contributed by atoms with Crippen LogP contribution in [0.4, 0.5) is 0 Å². The van der Waals surface area contributed by atoms with Gasteiger partial charge in [-0.15, -0.1) is 10.2 Å². The zero-order chi connectivity index (χ0) is 17.5. The molecular formula is C19H20N2O4. The smallest absolute Gasteiger partial charge is 0.251 e. The molecule has 0 spiro atoms. The Labute approximate surface area is 146 Å². The fraction of sp³-hybridized carbons (Fsp3) is 0.263. The molecule has 0 aliphatic rings. The predicted molar refractivity (Wildman–Crippen MR) is 92.6 cm³/mol. The highest BCUT2D eigenvalue weighted by Crippen LogP contribution is 2.28. The molecule has 0 aliphatic heterocycles. The van der Waals surface area contributed by atoms with Gasteiger partial charge in [-0.2, -0.15) is 0 Å². The molecule has 1 atom stereocenters. The molecule has 0 fully saturated rings. The summed E-state index contributed by atoms with van der Waals surface area (Å²) in [6, 6.07) is 15.1. The molecule has 2 aromatic carbocycles. The first-order chi connectivity index (χ1) is 12.3. The van der Waals surface area contributed by atoms with Crippen LogP contribution in [-0.2, 0) is 6.42 Å². The van der Waals surface area contributed by atoms with Gasteiger partial charge in [0.15, 0.2) is 0 Å². The second-order valence-corrected chi connectivity index (χ2v) is 5.51. The molecule has 0 bridgehead atoms. The summed E-state index contributed by atoms with van der Waals surface area (Å²) in [6.07, 6.45) is 1.48. The maximum atomic E-state index is 10.1. The van der Waals surface area contributed by atoms with E-state index in [0.29, 0.717) is 17.2 Å². The topological polar surface area (TPSA) is 77.6 Å². The Bertz CT molecular complexity index is 772. The van der Waals surface area contributed by atoms with Gasteiger partial charge in [-0.3, -0.25) is 0 Å². The van der Waals surface area contributed by atoms with Crippen molar-refractivity contribution in [3.8, 4) is 23.0 Å². The number of aryl methyl sites for hydroxylation is 1. The van der Waals surface area contributed by atoms with Crippen LogP contribution in [0.3, 0.4) is 0 Å². The molecule has 6 heteroatoms. The van der Waals surface area contributed by atoms with E-state index >= 15 is 0 Å². The molecule has 25 heavy (non-hydrogen) atoms. The molecule has 0 radical (unpaired) electrons. The van der Waals surface area contributed by atoms with Crippen LogP contribution in [0.1, 0.15) is 12.5 Å². The first-order valence-corrected chi connectivity index (χ1v) is 8.14. The minimum atomic E-state index is -0.762. The molecule has 3 aromatic rings. The van der Waals surface area contributed by atoms with Gasteiger partial charge in [0.05, 0.1) is 5.56 Å². The number of ether oxygens (including phenoxy) is 2. The third-order valence-corrected chi connectivity index (χ3v) is 3.68. The van der Waals surface area contributed by atoms with Crippen molar-refractivity contribution >= 4 is 0 Å². The fourth-order valence-electron chi connectivity index (χ4n) is 2.31. The molecule has 0 aliphatic carbocycles. The van der Waals surface area contributed by atoms with Gasteiger partial charge >= 0.3 is 0 Å². The summed E-state index contributed by atoms with van der Waals surface area (Å²) in [5.74, 6) is 1.66. The number of para-hydroxylation sites is 1. The van der Waals surface area contributed by atoms with Gasteiger partial charge < -0.3 is 19.0 Å². The molecular weight excluding hydrogens is 320 g/mol. The first kappa shape index (κ1) is 17.0. The molecule has 1 unspecified atom stereocenters. The number of rotatable bonds is 8. The highest BCUT2D eigenvalue weighted by Gasteiger charge is 2.13. The van der Waals surface area contributed by atoms with Crippen molar-refractivity contribution in [2.24, 2.45) is 0 Å². The Morgan fingerprint density at radius 1 is 1.04 bits per heavy atom. The van der Waals surface area contributed by atoms with E-state index in [0.717, 1.165) is 12.2 Å². The van der Waals surface area contributed by atoms with Crippen LogP contribution in [-0.4, -0.2) is 34.6 Å². The van der Waals surface area contributed by atoms with Crippen molar-refractivity contribution in [2.45, 2.75) is 19.4 Å². The van der Waals surface area contributed by atoms with E-state index in [9.17, 15) is 5.11 Å². The molecule has 0 saturated carbocycles. The van der Waals surface area contributed by atoms with Crippen molar-refractivity contribution in [1.82, 2.24) is 10.2 Å².